The summed E-state index contributed by atoms with van der Waals surface area (Å²) in [4.78, 5) is 4.19. The van der Waals surface area contributed by atoms with Gasteiger partial charge in [0.05, 0.1) is 22.3 Å². The van der Waals surface area contributed by atoms with Gasteiger partial charge in [-0.3, -0.25) is 4.55 Å². The Morgan fingerprint density at radius 1 is 1.27 bits per heavy atom. The Bertz CT molecular complexity index is 782. The van der Waals surface area contributed by atoms with Crippen LogP contribution >= 0.6 is 0 Å². The van der Waals surface area contributed by atoms with Gasteiger partial charge in [-0.25, -0.2) is 4.98 Å². The van der Waals surface area contributed by atoms with Gasteiger partial charge in [-0.15, -0.1) is 0 Å². The number of nitrogens with zero attached hydrogens (tertiary/aromatic N) is 2. The van der Waals surface area contributed by atoms with Crippen LogP contribution in [0.3, 0.4) is 0 Å². The lowest BCUT2D eigenvalue weighted by Gasteiger charge is -2.09. The predicted octanol–water partition coefficient (Wildman–Crippen LogP) is 3.03. The van der Waals surface area contributed by atoms with E-state index in [1.54, 1.807) is 11.5 Å². The van der Waals surface area contributed by atoms with Gasteiger partial charge in [0.2, 0.25) is 0 Å². The zero-order valence-corrected chi connectivity index (χ0v) is 12.6. The minimum atomic E-state index is -4.43. The first-order chi connectivity index (χ1) is 10.1. The molecule has 1 N–H and O–H groups in total. The van der Waals surface area contributed by atoms with Crippen LogP contribution in [0.2, 0.25) is 0 Å². The van der Waals surface area contributed by atoms with E-state index in [0.717, 1.165) is 12.1 Å². The quantitative estimate of drug-likeness (QED) is 0.673. The average Bonchev–Trinajstić information content (AvgIpc) is 2.67. The van der Waals surface area contributed by atoms with Crippen LogP contribution in [0.1, 0.15) is 24.2 Å². The van der Waals surface area contributed by atoms with Crippen molar-refractivity contribution >= 4 is 21.2 Å². The van der Waals surface area contributed by atoms with Gasteiger partial charge in [0.25, 0.3) is 10.1 Å². The fourth-order valence-electron chi connectivity index (χ4n) is 2.26. The molecule has 0 fully saturated rings. The van der Waals surface area contributed by atoms with Crippen molar-refractivity contribution in [1.82, 2.24) is 9.55 Å². The molecule has 122 valence electrons. The molecule has 5 nitrogen and oxygen atoms in total. The molecule has 1 aromatic carbocycles. The molecule has 0 amide bonds. The molecular formula is C13H15F3N2O3S. The SMILES string of the molecule is Cc1nc2ccc(C(F)(F)F)cc2n1CCCCS(=O)(=O)O. The summed E-state index contributed by atoms with van der Waals surface area (Å²) in [5, 5.41) is 0. The number of hydrogen-bond acceptors (Lipinski definition) is 3. The van der Waals surface area contributed by atoms with E-state index in [-0.39, 0.29) is 12.2 Å². The van der Waals surface area contributed by atoms with Crippen molar-refractivity contribution in [2.24, 2.45) is 0 Å². The van der Waals surface area contributed by atoms with E-state index in [4.69, 9.17) is 4.55 Å². The van der Waals surface area contributed by atoms with Crippen molar-refractivity contribution in [3.05, 3.63) is 29.6 Å². The van der Waals surface area contributed by atoms with E-state index in [0.29, 0.717) is 29.8 Å². The van der Waals surface area contributed by atoms with Gasteiger partial charge in [0.15, 0.2) is 0 Å². The number of aryl methyl sites for hydroxylation is 2. The van der Waals surface area contributed by atoms with Crippen LogP contribution in [0.5, 0.6) is 0 Å². The molecular weight excluding hydrogens is 321 g/mol. The molecule has 9 heteroatoms. The Hall–Kier alpha value is -1.61. The molecule has 0 aliphatic heterocycles. The maximum Gasteiger partial charge on any atom is 0.416 e. The van der Waals surface area contributed by atoms with E-state index < -0.39 is 21.9 Å². The third-order valence-corrected chi connectivity index (χ3v) is 4.11. The number of alkyl halides is 3. The third-order valence-electron chi connectivity index (χ3n) is 3.30. The second kappa shape index (κ2) is 5.88. The average molecular weight is 336 g/mol. The van der Waals surface area contributed by atoms with Gasteiger partial charge >= 0.3 is 6.18 Å². The molecule has 0 aliphatic rings. The molecule has 0 atom stereocenters. The largest absolute Gasteiger partial charge is 0.416 e. The third kappa shape index (κ3) is 3.98. The van der Waals surface area contributed by atoms with Gasteiger partial charge < -0.3 is 4.57 Å². The summed E-state index contributed by atoms with van der Waals surface area (Å²) >= 11 is 0. The molecule has 0 aliphatic carbocycles. The molecule has 0 saturated carbocycles. The van der Waals surface area contributed by atoms with Crippen LogP contribution in [0.15, 0.2) is 18.2 Å². The standard InChI is InChI=1S/C13H15F3N2O3S/c1-9-17-11-5-4-10(13(14,15)16)8-12(11)18(9)6-2-3-7-22(19,20)21/h4-5,8H,2-3,6-7H2,1H3,(H,19,20,21). The minimum absolute atomic E-state index is 0.219. The lowest BCUT2D eigenvalue weighted by atomic mass is 10.2. The fourth-order valence-corrected chi connectivity index (χ4v) is 2.83. The van der Waals surface area contributed by atoms with Crippen LogP contribution in [-0.4, -0.2) is 28.3 Å². The summed E-state index contributed by atoms with van der Waals surface area (Å²) in [6, 6.07) is 3.34. The molecule has 1 aromatic heterocycles. The Balaban J connectivity index is 2.23. The highest BCUT2D eigenvalue weighted by molar-refractivity contribution is 7.85. The summed E-state index contributed by atoms with van der Waals surface area (Å²) < 4.78 is 69.9. The zero-order valence-electron chi connectivity index (χ0n) is 11.8. The van der Waals surface area contributed by atoms with Gasteiger partial charge in [0, 0.05) is 6.54 Å². The normalized spacial score (nSPS) is 13.0. The van der Waals surface area contributed by atoms with E-state index >= 15 is 0 Å². The van der Waals surface area contributed by atoms with Gasteiger partial charge in [0.1, 0.15) is 5.82 Å². The topological polar surface area (TPSA) is 72.2 Å². The van der Waals surface area contributed by atoms with Gasteiger partial charge in [-0.1, -0.05) is 0 Å². The number of fused-ring (bicyclic) bond motifs is 1. The summed E-state index contributed by atoms with van der Waals surface area (Å²) in [5.74, 6) is 0.188. The van der Waals surface area contributed by atoms with Crippen molar-refractivity contribution < 1.29 is 26.1 Å². The lowest BCUT2D eigenvalue weighted by molar-refractivity contribution is -0.137. The second-order valence-corrected chi connectivity index (χ2v) is 6.58. The number of aromatic nitrogens is 2. The highest BCUT2D eigenvalue weighted by Crippen LogP contribution is 2.31. The van der Waals surface area contributed by atoms with Crippen molar-refractivity contribution in [2.75, 3.05) is 5.75 Å². The smallest absolute Gasteiger partial charge is 0.328 e. The maximum atomic E-state index is 12.8. The Morgan fingerprint density at radius 2 is 1.95 bits per heavy atom. The second-order valence-electron chi connectivity index (χ2n) is 5.01. The first kappa shape index (κ1) is 16.8. The number of halogens is 3. The van der Waals surface area contributed by atoms with Crippen LogP contribution in [-0.2, 0) is 22.8 Å². The highest BCUT2D eigenvalue weighted by Gasteiger charge is 2.31. The summed E-state index contributed by atoms with van der Waals surface area (Å²) in [6.07, 6.45) is -3.80. The number of benzene rings is 1. The Kier molecular flexibility index (Phi) is 4.48. The molecule has 2 rings (SSSR count). The number of hydrogen-bond donors (Lipinski definition) is 1. The Morgan fingerprint density at radius 3 is 2.55 bits per heavy atom. The number of unbranched alkanes of at least 4 members (excludes halogenated alkanes) is 1. The van der Waals surface area contributed by atoms with E-state index in [2.05, 4.69) is 4.98 Å². The molecule has 2 aromatic rings. The first-order valence-electron chi connectivity index (χ1n) is 6.57. The van der Waals surface area contributed by atoms with Crippen molar-refractivity contribution in [3.8, 4) is 0 Å². The zero-order chi connectivity index (χ0) is 16.5. The number of imidazole rings is 1. The van der Waals surface area contributed by atoms with Gasteiger partial charge in [-0.05, 0) is 38.0 Å². The molecule has 0 radical (unpaired) electrons. The summed E-state index contributed by atoms with van der Waals surface area (Å²) in [7, 11) is -4.02. The van der Waals surface area contributed by atoms with Crippen LogP contribution in [0.25, 0.3) is 11.0 Å². The monoisotopic (exact) mass is 336 g/mol. The van der Waals surface area contributed by atoms with Crippen molar-refractivity contribution in [1.29, 1.82) is 0 Å². The maximum absolute atomic E-state index is 12.8. The molecule has 0 unspecified atom stereocenters. The lowest BCUT2D eigenvalue weighted by Crippen LogP contribution is -2.07. The molecule has 0 bridgehead atoms. The van der Waals surface area contributed by atoms with E-state index in [9.17, 15) is 21.6 Å². The minimum Gasteiger partial charge on any atom is -0.328 e. The van der Waals surface area contributed by atoms with Gasteiger partial charge in [-0.2, -0.15) is 21.6 Å². The number of rotatable bonds is 5. The predicted molar refractivity (Wildman–Crippen MR) is 75.1 cm³/mol. The molecule has 0 spiro atoms. The molecule has 22 heavy (non-hydrogen) atoms. The summed E-state index contributed by atoms with van der Waals surface area (Å²) in [6.45, 7) is 2.01. The summed E-state index contributed by atoms with van der Waals surface area (Å²) in [5.41, 5.74) is 0.0681. The van der Waals surface area contributed by atoms with Crippen molar-refractivity contribution in [2.45, 2.75) is 32.5 Å². The van der Waals surface area contributed by atoms with Crippen LogP contribution in [0, 0.1) is 6.92 Å². The van der Waals surface area contributed by atoms with E-state index in [1.165, 1.54) is 6.07 Å². The molecule has 1 heterocycles. The van der Waals surface area contributed by atoms with Crippen LogP contribution < -0.4 is 0 Å². The fraction of sp³-hybridized carbons (Fsp3) is 0.462. The van der Waals surface area contributed by atoms with E-state index in [1.807, 2.05) is 0 Å². The van der Waals surface area contributed by atoms with Crippen molar-refractivity contribution in [3.63, 3.8) is 0 Å². The highest BCUT2D eigenvalue weighted by atomic mass is 32.2. The Labute approximate surface area is 125 Å². The van der Waals surface area contributed by atoms with Crippen LogP contribution in [0.4, 0.5) is 13.2 Å². The first-order valence-corrected chi connectivity index (χ1v) is 8.18. The molecule has 0 saturated heterocycles.